The molecule has 0 fully saturated rings. The molecular weight excluding hydrogens is 428 g/mol. The molecule has 1 unspecified atom stereocenters. The quantitative estimate of drug-likeness (QED) is 0.320. The highest BCUT2D eigenvalue weighted by molar-refractivity contribution is 7.12. The highest BCUT2D eigenvalue weighted by Gasteiger charge is 2.31. The van der Waals surface area contributed by atoms with Crippen LogP contribution >= 0.6 is 11.3 Å². The summed E-state index contributed by atoms with van der Waals surface area (Å²) in [6, 6.07) is 14.2. The first kappa shape index (κ1) is 27.0. The van der Waals surface area contributed by atoms with Gasteiger partial charge in [-0.1, -0.05) is 90.8 Å². The zero-order valence-corrected chi connectivity index (χ0v) is 24.0. The monoisotopic (exact) mass is 476 g/mol. The van der Waals surface area contributed by atoms with E-state index in [1.807, 2.05) is 0 Å². The SMILES string of the molecule is CCCCc1ccc(C(CC)(CC)CCC2=CC(C)=C(c3ccc(C(C)(C)C)cc3)C(C)C2)s1. The smallest absolute Gasteiger partial charge is 0.0110 e. The maximum absolute atomic E-state index is 2.52. The summed E-state index contributed by atoms with van der Waals surface area (Å²) in [5, 5.41) is 0. The molecule has 1 aliphatic carbocycles. The standard InChI is InChI=1S/C33H48S/c1-9-12-13-29-18-19-30(34-29)33(10-2,11-3)21-20-26-22-24(4)31(25(5)23-26)27-14-16-28(17-15-27)32(6,7)8/h14-19,22,25H,9-13,20-21,23H2,1-8H3. The fourth-order valence-electron chi connectivity index (χ4n) is 5.79. The van der Waals surface area contributed by atoms with Crippen LogP contribution in [0.5, 0.6) is 0 Å². The molecule has 0 N–H and O–H groups in total. The highest BCUT2D eigenvalue weighted by atomic mass is 32.1. The molecule has 0 radical (unpaired) electrons. The van der Waals surface area contributed by atoms with E-state index in [2.05, 4.69) is 109 Å². The van der Waals surface area contributed by atoms with Crippen LogP contribution in [0.15, 0.2) is 53.6 Å². The lowest BCUT2D eigenvalue weighted by Gasteiger charge is -2.33. The van der Waals surface area contributed by atoms with Crippen LogP contribution in [0, 0.1) is 5.92 Å². The second-order valence-electron chi connectivity index (χ2n) is 11.7. The topological polar surface area (TPSA) is 0 Å². The minimum Gasteiger partial charge on any atom is -0.145 e. The molecule has 1 heterocycles. The molecule has 0 amide bonds. The van der Waals surface area contributed by atoms with Gasteiger partial charge in [-0.3, -0.25) is 0 Å². The Labute approximate surface area is 214 Å². The minimum absolute atomic E-state index is 0.206. The zero-order valence-electron chi connectivity index (χ0n) is 23.2. The number of hydrogen-bond acceptors (Lipinski definition) is 1. The van der Waals surface area contributed by atoms with Gasteiger partial charge >= 0.3 is 0 Å². The minimum atomic E-state index is 0.206. The molecular formula is C33H48S. The lowest BCUT2D eigenvalue weighted by Crippen LogP contribution is -2.23. The van der Waals surface area contributed by atoms with Gasteiger partial charge in [0.1, 0.15) is 0 Å². The number of unbranched alkanes of at least 4 members (excludes halogenated alkanes) is 1. The van der Waals surface area contributed by atoms with Gasteiger partial charge in [0.15, 0.2) is 0 Å². The third-order valence-electron chi connectivity index (χ3n) is 8.21. The van der Waals surface area contributed by atoms with E-state index in [0.29, 0.717) is 11.3 Å². The Kier molecular flexibility index (Phi) is 9.07. The van der Waals surface area contributed by atoms with Crippen molar-refractivity contribution in [3.63, 3.8) is 0 Å². The number of allylic oxidation sites excluding steroid dienone is 4. The molecule has 0 spiro atoms. The van der Waals surface area contributed by atoms with E-state index < -0.39 is 0 Å². The molecule has 186 valence electrons. The van der Waals surface area contributed by atoms with Crippen LogP contribution < -0.4 is 0 Å². The number of benzene rings is 1. The molecule has 0 nitrogen and oxygen atoms in total. The molecule has 1 heteroatoms. The van der Waals surface area contributed by atoms with Crippen molar-refractivity contribution in [1.82, 2.24) is 0 Å². The summed E-state index contributed by atoms with van der Waals surface area (Å²) in [6.07, 6.45) is 12.5. The van der Waals surface area contributed by atoms with Crippen molar-refractivity contribution < 1.29 is 0 Å². The van der Waals surface area contributed by atoms with Gasteiger partial charge in [0.25, 0.3) is 0 Å². The Morgan fingerprint density at radius 1 is 0.912 bits per heavy atom. The van der Waals surface area contributed by atoms with Crippen LogP contribution in [0.25, 0.3) is 5.57 Å². The summed E-state index contributed by atoms with van der Waals surface area (Å²) in [4.78, 5) is 3.20. The highest BCUT2D eigenvalue weighted by Crippen LogP contribution is 2.44. The molecule has 2 aromatic rings. The normalized spacial score (nSPS) is 17.3. The molecule has 1 aromatic carbocycles. The van der Waals surface area contributed by atoms with Gasteiger partial charge < -0.3 is 0 Å². The van der Waals surface area contributed by atoms with Crippen LogP contribution in [0.2, 0.25) is 0 Å². The molecule has 0 saturated carbocycles. The van der Waals surface area contributed by atoms with Gasteiger partial charge in [-0.05, 0) is 97.6 Å². The van der Waals surface area contributed by atoms with Gasteiger partial charge in [0, 0.05) is 15.2 Å². The Hall–Kier alpha value is -1.60. The summed E-state index contributed by atoms with van der Waals surface area (Å²) >= 11 is 2.09. The zero-order chi connectivity index (χ0) is 24.9. The Morgan fingerprint density at radius 3 is 2.15 bits per heavy atom. The molecule has 0 bridgehead atoms. The summed E-state index contributed by atoms with van der Waals surface area (Å²) in [7, 11) is 0. The van der Waals surface area contributed by atoms with Crippen molar-refractivity contribution in [2.75, 3.05) is 0 Å². The fourth-order valence-corrected chi connectivity index (χ4v) is 7.19. The Morgan fingerprint density at radius 2 is 1.59 bits per heavy atom. The second kappa shape index (κ2) is 11.4. The van der Waals surface area contributed by atoms with Gasteiger partial charge in [-0.2, -0.15) is 0 Å². The van der Waals surface area contributed by atoms with E-state index in [0.717, 1.165) is 0 Å². The summed E-state index contributed by atoms with van der Waals surface area (Å²) in [5.74, 6) is 0.584. The average molecular weight is 477 g/mol. The number of hydrogen-bond donors (Lipinski definition) is 0. The Bertz CT molecular complexity index is 986. The lowest BCUT2D eigenvalue weighted by molar-refractivity contribution is 0.370. The molecule has 3 rings (SSSR count). The van der Waals surface area contributed by atoms with Crippen LogP contribution in [0.4, 0.5) is 0 Å². The van der Waals surface area contributed by atoms with E-state index in [4.69, 9.17) is 0 Å². The number of aryl methyl sites for hydroxylation is 1. The van der Waals surface area contributed by atoms with Crippen LogP contribution in [0.1, 0.15) is 121 Å². The Balaban J connectivity index is 1.77. The van der Waals surface area contributed by atoms with Crippen LogP contribution in [0.3, 0.4) is 0 Å². The van der Waals surface area contributed by atoms with Gasteiger partial charge in [-0.15, -0.1) is 11.3 Å². The van der Waals surface area contributed by atoms with Crippen molar-refractivity contribution in [2.45, 2.75) is 118 Å². The third kappa shape index (κ3) is 6.14. The van der Waals surface area contributed by atoms with E-state index >= 15 is 0 Å². The van der Waals surface area contributed by atoms with Crippen molar-refractivity contribution in [3.05, 3.63) is 74.5 Å². The largest absolute Gasteiger partial charge is 0.145 e. The first-order valence-corrected chi connectivity index (χ1v) is 14.6. The molecule has 1 atom stereocenters. The molecule has 34 heavy (non-hydrogen) atoms. The molecule has 1 aliphatic rings. The van der Waals surface area contributed by atoms with E-state index in [1.165, 1.54) is 68.1 Å². The van der Waals surface area contributed by atoms with Gasteiger partial charge in [0.2, 0.25) is 0 Å². The maximum atomic E-state index is 2.52. The van der Waals surface area contributed by atoms with Crippen molar-refractivity contribution in [3.8, 4) is 0 Å². The van der Waals surface area contributed by atoms with Crippen molar-refractivity contribution in [1.29, 1.82) is 0 Å². The predicted octanol–water partition coefficient (Wildman–Crippen LogP) is 10.7. The second-order valence-corrected chi connectivity index (χ2v) is 12.9. The first-order valence-electron chi connectivity index (χ1n) is 13.7. The number of rotatable bonds is 10. The van der Waals surface area contributed by atoms with E-state index in [9.17, 15) is 0 Å². The summed E-state index contributed by atoms with van der Waals surface area (Å²) in [5.41, 5.74) is 8.01. The predicted molar refractivity (Wildman–Crippen MR) is 154 cm³/mol. The fraction of sp³-hybridized carbons (Fsp3) is 0.576. The molecule has 0 saturated heterocycles. The number of thiophene rings is 1. The van der Waals surface area contributed by atoms with Crippen LogP contribution in [-0.2, 0) is 17.3 Å². The third-order valence-corrected chi connectivity index (χ3v) is 9.60. The van der Waals surface area contributed by atoms with Crippen LogP contribution in [-0.4, -0.2) is 0 Å². The summed E-state index contributed by atoms with van der Waals surface area (Å²) < 4.78 is 0. The van der Waals surface area contributed by atoms with Gasteiger partial charge in [0.05, 0.1) is 0 Å². The molecule has 1 aromatic heterocycles. The first-order chi connectivity index (χ1) is 16.1. The van der Waals surface area contributed by atoms with E-state index in [1.54, 1.807) is 20.9 Å². The van der Waals surface area contributed by atoms with Crippen molar-refractivity contribution in [2.24, 2.45) is 5.92 Å². The molecule has 0 aliphatic heterocycles. The summed E-state index contributed by atoms with van der Waals surface area (Å²) in [6.45, 7) is 18.7. The lowest BCUT2D eigenvalue weighted by atomic mass is 9.73. The van der Waals surface area contributed by atoms with Crippen molar-refractivity contribution >= 4 is 16.9 Å². The van der Waals surface area contributed by atoms with E-state index in [-0.39, 0.29) is 5.41 Å². The average Bonchev–Trinajstić information content (AvgIpc) is 3.27. The maximum Gasteiger partial charge on any atom is 0.0110 e. The van der Waals surface area contributed by atoms with Gasteiger partial charge in [-0.25, -0.2) is 0 Å².